The number of fused-ring (bicyclic) bond motifs is 1. The van der Waals surface area contributed by atoms with Crippen molar-refractivity contribution >= 4 is 21.8 Å². The molecule has 0 aromatic heterocycles. The molecule has 1 unspecified atom stereocenters. The van der Waals surface area contributed by atoms with Gasteiger partial charge in [-0.15, -0.1) is 4.40 Å². The highest BCUT2D eigenvalue weighted by Gasteiger charge is 2.33. The third-order valence-electron chi connectivity index (χ3n) is 5.78. The molecule has 0 saturated carbocycles. The lowest BCUT2D eigenvalue weighted by molar-refractivity contribution is -0.129. The number of benzene rings is 2. The summed E-state index contributed by atoms with van der Waals surface area (Å²) in [5, 5.41) is 0. The largest absolute Gasteiger partial charge is 0.496 e. The van der Waals surface area contributed by atoms with Crippen LogP contribution in [0.2, 0.25) is 0 Å². The summed E-state index contributed by atoms with van der Waals surface area (Å²) in [6.45, 7) is 2.65. The van der Waals surface area contributed by atoms with E-state index >= 15 is 0 Å². The van der Waals surface area contributed by atoms with Gasteiger partial charge in [0.25, 0.3) is 15.9 Å². The van der Waals surface area contributed by atoms with Gasteiger partial charge in [0, 0.05) is 25.3 Å². The predicted molar refractivity (Wildman–Crippen MR) is 128 cm³/mol. The van der Waals surface area contributed by atoms with Gasteiger partial charge in [0.05, 0.1) is 18.4 Å². The maximum Gasteiger partial charge on any atom is 0.258 e. The number of ether oxygens (including phenoxy) is 1. The molecule has 0 N–H and O–H groups in total. The van der Waals surface area contributed by atoms with Crippen molar-refractivity contribution < 1.29 is 17.9 Å². The van der Waals surface area contributed by atoms with E-state index in [-0.39, 0.29) is 35.7 Å². The Bertz CT molecular complexity index is 1220. The molecule has 7 nitrogen and oxygen atoms in total. The minimum absolute atomic E-state index is 0.0692. The minimum atomic E-state index is -3.60. The van der Waals surface area contributed by atoms with E-state index in [0.717, 1.165) is 16.9 Å². The van der Waals surface area contributed by atoms with E-state index in [2.05, 4.69) is 4.40 Å². The van der Waals surface area contributed by atoms with Gasteiger partial charge in [0.1, 0.15) is 5.75 Å². The number of carbonyl (C=O) groups excluding carboxylic acids is 1. The number of hydrogen-bond acceptors (Lipinski definition) is 5. The molecule has 33 heavy (non-hydrogen) atoms. The molecule has 2 aliphatic heterocycles. The molecule has 8 heteroatoms. The maximum absolute atomic E-state index is 13.8. The summed E-state index contributed by atoms with van der Waals surface area (Å²) in [7, 11) is -1.97. The summed E-state index contributed by atoms with van der Waals surface area (Å²) in [5.41, 5.74) is 2.26. The van der Waals surface area contributed by atoms with Gasteiger partial charge in [-0.25, -0.2) is 8.42 Å². The molecular weight excluding hydrogens is 438 g/mol. The number of amidine groups is 1. The Balaban J connectivity index is 1.68. The fourth-order valence-electron chi connectivity index (χ4n) is 4.05. The van der Waals surface area contributed by atoms with Gasteiger partial charge in [-0.05, 0) is 42.7 Å². The van der Waals surface area contributed by atoms with E-state index in [4.69, 9.17) is 4.74 Å². The van der Waals surface area contributed by atoms with Crippen LogP contribution in [0.1, 0.15) is 18.1 Å². The average Bonchev–Trinajstić information content (AvgIpc) is 2.82. The molecule has 0 radical (unpaired) electrons. The Labute approximate surface area is 194 Å². The quantitative estimate of drug-likeness (QED) is 0.628. The van der Waals surface area contributed by atoms with E-state index < -0.39 is 10.0 Å². The van der Waals surface area contributed by atoms with E-state index in [1.165, 1.54) is 0 Å². The molecule has 172 valence electrons. The van der Waals surface area contributed by atoms with Gasteiger partial charge >= 0.3 is 0 Å². The van der Waals surface area contributed by atoms with E-state index in [0.29, 0.717) is 13.0 Å². The van der Waals surface area contributed by atoms with Crippen LogP contribution in [0.15, 0.2) is 82.9 Å². The predicted octanol–water partition coefficient (Wildman–Crippen LogP) is 3.15. The van der Waals surface area contributed by atoms with Gasteiger partial charge in [-0.3, -0.25) is 4.79 Å². The van der Waals surface area contributed by atoms with Crippen molar-refractivity contribution in [2.45, 2.75) is 25.9 Å². The van der Waals surface area contributed by atoms with Crippen LogP contribution in [0.5, 0.6) is 5.75 Å². The first kappa shape index (κ1) is 22.8. The second-order valence-electron chi connectivity index (χ2n) is 8.10. The van der Waals surface area contributed by atoms with Crippen LogP contribution in [0.3, 0.4) is 0 Å². The minimum Gasteiger partial charge on any atom is -0.496 e. The summed E-state index contributed by atoms with van der Waals surface area (Å²) in [6, 6.07) is 17.3. The standard InChI is InChI=1S/C25H27N3O4S/c1-19(17-21-11-6-7-13-23(21)32-2)28(18-20-9-4-3-5-10-20)25(29)22-12-8-14-27-15-16-33(30,31)26-24(22)27/h3-14,19H,15-18H2,1-2H3. The topological polar surface area (TPSA) is 79.3 Å². The molecule has 1 atom stereocenters. The average molecular weight is 466 g/mol. The molecule has 4 rings (SSSR count). The number of carbonyl (C=O) groups is 1. The van der Waals surface area contributed by atoms with E-state index in [9.17, 15) is 13.2 Å². The molecule has 2 aromatic rings. The number of allylic oxidation sites excluding steroid dienone is 2. The third-order valence-corrected chi connectivity index (χ3v) is 6.93. The monoisotopic (exact) mass is 465 g/mol. The van der Waals surface area contributed by atoms with Crippen LogP contribution >= 0.6 is 0 Å². The fraction of sp³-hybridized carbons (Fsp3) is 0.280. The second kappa shape index (κ2) is 9.62. The normalized spacial score (nSPS) is 17.5. The first-order chi connectivity index (χ1) is 15.9. The molecule has 0 fully saturated rings. The van der Waals surface area contributed by atoms with Crippen LogP contribution in [0.4, 0.5) is 0 Å². The van der Waals surface area contributed by atoms with Crippen molar-refractivity contribution in [1.29, 1.82) is 0 Å². The highest BCUT2D eigenvalue weighted by molar-refractivity contribution is 7.90. The molecule has 2 aromatic carbocycles. The molecule has 0 saturated heterocycles. The summed E-state index contributed by atoms with van der Waals surface area (Å²) in [5.74, 6) is 0.633. The number of nitrogens with zero attached hydrogens (tertiary/aromatic N) is 3. The zero-order valence-corrected chi connectivity index (χ0v) is 19.5. The van der Waals surface area contributed by atoms with Crippen LogP contribution in [0, 0.1) is 0 Å². The van der Waals surface area contributed by atoms with Crippen molar-refractivity contribution in [2.75, 3.05) is 19.4 Å². The Hall–Kier alpha value is -3.39. The summed E-state index contributed by atoms with van der Waals surface area (Å²) in [6.07, 6.45) is 5.74. The first-order valence-electron chi connectivity index (χ1n) is 10.8. The summed E-state index contributed by atoms with van der Waals surface area (Å²) in [4.78, 5) is 17.3. The number of amides is 1. The molecular formula is C25H27N3O4S. The van der Waals surface area contributed by atoms with Crippen LogP contribution < -0.4 is 4.74 Å². The number of sulfonamides is 1. The SMILES string of the molecule is COc1ccccc1CC(C)N(Cc1ccccc1)C(=O)C1=CC=CN2CCS(=O)(=O)N=C12. The van der Waals surface area contributed by atoms with Crippen molar-refractivity contribution in [3.63, 3.8) is 0 Å². The zero-order chi connectivity index (χ0) is 23.4. The molecule has 0 aliphatic carbocycles. The highest BCUT2D eigenvalue weighted by atomic mass is 32.2. The molecule has 0 spiro atoms. The first-order valence-corrected chi connectivity index (χ1v) is 12.4. The number of rotatable bonds is 7. The maximum atomic E-state index is 13.8. The van der Waals surface area contributed by atoms with Gasteiger partial charge in [-0.1, -0.05) is 48.5 Å². The van der Waals surface area contributed by atoms with Gasteiger partial charge < -0.3 is 14.5 Å². The van der Waals surface area contributed by atoms with Crippen molar-refractivity contribution in [2.24, 2.45) is 4.40 Å². The lowest BCUT2D eigenvalue weighted by atomic mass is 10.0. The van der Waals surface area contributed by atoms with E-state index in [1.807, 2.05) is 61.5 Å². The summed E-state index contributed by atoms with van der Waals surface area (Å²) < 4.78 is 33.8. The fourth-order valence-corrected chi connectivity index (χ4v) is 5.03. The van der Waals surface area contributed by atoms with Gasteiger partial charge in [-0.2, -0.15) is 0 Å². The highest BCUT2D eigenvalue weighted by Crippen LogP contribution is 2.25. The number of para-hydroxylation sites is 1. The van der Waals surface area contributed by atoms with Crippen LogP contribution in [-0.2, 0) is 27.8 Å². The Morgan fingerprint density at radius 3 is 2.64 bits per heavy atom. The molecule has 0 bridgehead atoms. The Morgan fingerprint density at radius 1 is 1.15 bits per heavy atom. The molecule has 2 aliphatic rings. The number of methoxy groups -OCH3 is 1. The van der Waals surface area contributed by atoms with Crippen LogP contribution in [-0.4, -0.2) is 55.4 Å². The van der Waals surface area contributed by atoms with Gasteiger partial charge in [0.15, 0.2) is 5.84 Å². The van der Waals surface area contributed by atoms with Crippen molar-refractivity contribution in [1.82, 2.24) is 9.80 Å². The Kier molecular flexibility index (Phi) is 6.65. The third kappa shape index (κ3) is 5.17. The molecule has 1 amide bonds. The lowest BCUT2D eigenvalue weighted by Gasteiger charge is -2.34. The summed E-state index contributed by atoms with van der Waals surface area (Å²) >= 11 is 0. The zero-order valence-electron chi connectivity index (χ0n) is 18.7. The van der Waals surface area contributed by atoms with Gasteiger partial charge in [0.2, 0.25) is 0 Å². The smallest absolute Gasteiger partial charge is 0.258 e. The van der Waals surface area contributed by atoms with Crippen LogP contribution in [0.25, 0.3) is 0 Å². The second-order valence-corrected chi connectivity index (χ2v) is 9.85. The lowest BCUT2D eigenvalue weighted by Crippen LogP contribution is -2.46. The van der Waals surface area contributed by atoms with Crippen molar-refractivity contribution in [3.05, 3.63) is 89.6 Å². The number of hydrogen-bond donors (Lipinski definition) is 0. The van der Waals surface area contributed by atoms with E-state index in [1.54, 1.807) is 35.3 Å². The Morgan fingerprint density at radius 2 is 1.88 bits per heavy atom. The van der Waals surface area contributed by atoms with Crippen molar-refractivity contribution in [3.8, 4) is 5.75 Å². The molecule has 2 heterocycles.